The lowest BCUT2D eigenvalue weighted by Crippen LogP contribution is -1.96. The van der Waals surface area contributed by atoms with E-state index in [1.165, 1.54) is 42.1 Å². The summed E-state index contributed by atoms with van der Waals surface area (Å²) < 4.78 is 2.61. The maximum atomic E-state index is 5.17. The van der Waals surface area contributed by atoms with E-state index >= 15 is 0 Å². The highest BCUT2D eigenvalue weighted by Crippen LogP contribution is 2.40. The molecule has 2 nitrogen and oxygen atoms in total. The van der Waals surface area contributed by atoms with E-state index < -0.39 is 0 Å². The zero-order valence-corrected chi connectivity index (χ0v) is 26.3. The Balaban J connectivity index is 1.24. The van der Waals surface area contributed by atoms with Gasteiger partial charge in [0.2, 0.25) is 0 Å². The molecule has 7 aromatic carbocycles. The van der Waals surface area contributed by atoms with Gasteiger partial charge in [-0.25, -0.2) is 9.97 Å². The first-order valence-electron chi connectivity index (χ1n) is 15.8. The average Bonchev–Trinajstić information content (AvgIpc) is 3.51. The maximum absolute atomic E-state index is 5.17. The predicted molar refractivity (Wildman–Crippen MR) is 200 cm³/mol. The van der Waals surface area contributed by atoms with E-state index in [4.69, 9.17) is 9.97 Å². The standard InChI is InChI=1S/C44H28N2S/c1-4-12-29(13-5-1)35-22-36(34-20-21-38-39-25-32-18-10-11-19-33(32)26-43(39)47-42(38)27-34)24-37(23-35)41-28-40(30-14-6-2-7-15-30)45-44(46-41)31-16-8-3-9-17-31/h1-28H. The summed E-state index contributed by atoms with van der Waals surface area (Å²) in [5, 5.41) is 5.17. The first kappa shape index (κ1) is 27.4. The van der Waals surface area contributed by atoms with Crippen molar-refractivity contribution >= 4 is 42.3 Å². The second kappa shape index (κ2) is 11.5. The van der Waals surface area contributed by atoms with Crippen LogP contribution in [0.2, 0.25) is 0 Å². The van der Waals surface area contributed by atoms with Crippen molar-refractivity contribution in [3.8, 4) is 56.2 Å². The number of nitrogens with zero attached hydrogens (tertiary/aromatic N) is 2. The summed E-state index contributed by atoms with van der Waals surface area (Å²) in [5.74, 6) is 0.715. The topological polar surface area (TPSA) is 25.8 Å². The van der Waals surface area contributed by atoms with Gasteiger partial charge in [0, 0.05) is 36.9 Å². The normalized spacial score (nSPS) is 11.4. The van der Waals surface area contributed by atoms with E-state index in [0.29, 0.717) is 5.82 Å². The van der Waals surface area contributed by atoms with Gasteiger partial charge in [-0.2, -0.15) is 0 Å². The Bertz CT molecular complexity index is 2500. The van der Waals surface area contributed by atoms with Gasteiger partial charge in [-0.15, -0.1) is 11.3 Å². The lowest BCUT2D eigenvalue weighted by molar-refractivity contribution is 1.18. The van der Waals surface area contributed by atoms with Crippen LogP contribution >= 0.6 is 11.3 Å². The molecule has 9 aromatic rings. The molecule has 0 unspecified atom stereocenters. The van der Waals surface area contributed by atoms with Gasteiger partial charge in [0.1, 0.15) is 0 Å². The molecule has 3 heteroatoms. The Labute approximate surface area is 277 Å². The minimum absolute atomic E-state index is 0.715. The van der Waals surface area contributed by atoms with Crippen molar-refractivity contribution in [1.82, 2.24) is 9.97 Å². The highest BCUT2D eigenvalue weighted by molar-refractivity contribution is 7.25. The lowest BCUT2D eigenvalue weighted by Gasteiger charge is -2.13. The Hall–Kier alpha value is -5.90. The molecule has 47 heavy (non-hydrogen) atoms. The SMILES string of the molecule is c1ccc(-c2cc(-c3ccc4c(c3)sc3cc5ccccc5cc34)cc(-c3cc(-c4ccccc4)nc(-c4ccccc4)n3)c2)cc1. The molecule has 9 rings (SSSR count). The van der Waals surface area contributed by atoms with E-state index in [1.54, 1.807) is 0 Å². The highest BCUT2D eigenvalue weighted by Gasteiger charge is 2.15. The van der Waals surface area contributed by atoms with Gasteiger partial charge in [-0.05, 0) is 75.5 Å². The van der Waals surface area contributed by atoms with Crippen LogP contribution in [0.25, 0.3) is 87.1 Å². The Morgan fingerprint density at radius 1 is 0.319 bits per heavy atom. The maximum Gasteiger partial charge on any atom is 0.160 e. The van der Waals surface area contributed by atoms with Crippen LogP contribution < -0.4 is 0 Å². The first-order valence-corrected chi connectivity index (χ1v) is 16.6. The summed E-state index contributed by atoms with van der Waals surface area (Å²) in [7, 11) is 0. The molecule has 0 aliphatic rings. The van der Waals surface area contributed by atoms with Crippen LogP contribution in [0.5, 0.6) is 0 Å². The van der Waals surface area contributed by atoms with Crippen molar-refractivity contribution < 1.29 is 0 Å². The number of thiophene rings is 1. The van der Waals surface area contributed by atoms with Crippen molar-refractivity contribution in [2.75, 3.05) is 0 Å². The predicted octanol–water partition coefficient (Wildman–Crippen LogP) is 12.3. The molecule has 0 bridgehead atoms. The number of hydrogen-bond acceptors (Lipinski definition) is 3. The largest absolute Gasteiger partial charge is 0.228 e. The van der Waals surface area contributed by atoms with Gasteiger partial charge in [-0.1, -0.05) is 127 Å². The average molecular weight is 617 g/mol. The lowest BCUT2D eigenvalue weighted by atomic mass is 9.94. The zero-order chi connectivity index (χ0) is 31.2. The molecule has 2 aromatic heterocycles. The van der Waals surface area contributed by atoms with Gasteiger partial charge in [0.25, 0.3) is 0 Å². The molecule has 0 amide bonds. The van der Waals surface area contributed by atoms with Gasteiger partial charge >= 0.3 is 0 Å². The molecule has 0 fully saturated rings. The molecule has 0 spiro atoms. The van der Waals surface area contributed by atoms with Crippen LogP contribution in [0, 0.1) is 0 Å². The summed E-state index contributed by atoms with van der Waals surface area (Å²) >= 11 is 1.87. The Kier molecular flexibility index (Phi) is 6.69. The van der Waals surface area contributed by atoms with Crippen LogP contribution in [-0.4, -0.2) is 9.97 Å². The van der Waals surface area contributed by atoms with E-state index in [9.17, 15) is 0 Å². The molecule has 220 valence electrons. The van der Waals surface area contributed by atoms with Crippen LogP contribution in [0.15, 0.2) is 170 Å². The minimum Gasteiger partial charge on any atom is -0.228 e. The fraction of sp³-hybridized carbons (Fsp3) is 0. The molecule has 2 heterocycles. The van der Waals surface area contributed by atoms with Crippen molar-refractivity contribution in [2.45, 2.75) is 0 Å². The second-order valence-corrected chi connectivity index (χ2v) is 13.0. The molecule has 0 radical (unpaired) electrons. The summed E-state index contributed by atoms with van der Waals surface area (Å²) in [6.45, 7) is 0. The first-order chi connectivity index (χ1) is 23.2. The minimum atomic E-state index is 0.715. The fourth-order valence-corrected chi connectivity index (χ4v) is 7.62. The van der Waals surface area contributed by atoms with Crippen LogP contribution in [0.3, 0.4) is 0 Å². The molecular weight excluding hydrogens is 589 g/mol. The van der Waals surface area contributed by atoms with Crippen LogP contribution in [0.4, 0.5) is 0 Å². The molecule has 0 saturated heterocycles. The second-order valence-electron chi connectivity index (χ2n) is 11.9. The van der Waals surface area contributed by atoms with Crippen molar-refractivity contribution in [1.29, 1.82) is 0 Å². The number of benzene rings is 7. The molecule has 0 atom stereocenters. The third-order valence-electron chi connectivity index (χ3n) is 8.84. The highest BCUT2D eigenvalue weighted by atomic mass is 32.1. The molecule has 0 aliphatic heterocycles. The van der Waals surface area contributed by atoms with E-state index in [1.807, 2.05) is 35.6 Å². The van der Waals surface area contributed by atoms with Gasteiger partial charge in [0.05, 0.1) is 11.4 Å². The monoisotopic (exact) mass is 616 g/mol. The van der Waals surface area contributed by atoms with Crippen molar-refractivity contribution in [3.05, 3.63) is 170 Å². The third kappa shape index (κ3) is 5.17. The van der Waals surface area contributed by atoms with Gasteiger partial charge in [0.15, 0.2) is 5.82 Å². The summed E-state index contributed by atoms with van der Waals surface area (Å²) in [6.07, 6.45) is 0. The van der Waals surface area contributed by atoms with Crippen molar-refractivity contribution in [3.63, 3.8) is 0 Å². The molecular formula is C44H28N2S. The number of rotatable bonds is 5. The summed E-state index contributed by atoms with van der Waals surface area (Å²) in [5.41, 5.74) is 9.59. The smallest absolute Gasteiger partial charge is 0.160 e. The molecule has 0 saturated carbocycles. The number of aromatic nitrogens is 2. The molecule has 0 aliphatic carbocycles. The molecule has 0 N–H and O–H groups in total. The fourth-order valence-electron chi connectivity index (χ4n) is 6.45. The van der Waals surface area contributed by atoms with Gasteiger partial charge < -0.3 is 0 Å². The Morgan fingerprint density at radius 2 is 0.851 bits per heavy atom. The number of fused-ring (bicyclic) bond motifs is 4. The van der Waals surface area contributed by atoms with Crippen LogP contribution in [0.1, 0.15) is 0 Å². The van der Waals surface area contributed by atoms with E-state index in [2.05, 4.69) is 146 Å². The van der Waals surface area contributed by atoms with Crippen molar-refractivity contribution in [2.24, 2.45) is 0 Å². The zero-order valence-electron chi connectivity index (χ0n) is 25.5. The van der Waals surface area contributed by atoms with E-state index in [-0.39, 0.29) is 0 Å². The summed E-state index contributed by atoms with van der Waals surface area (Å²) in [4.78, 5) is 10.2. The van der Waals surface area contributed by atoms with Crippen LogP contribution in [-0.2, 0) is 0 Å². The summed E-state index contributed by atoms with van der Waals surface area (Å²) in [6, 6.07) is 60.4. The third-order valence-corrected chi connectivity index (χ3v) is 9.95. The quantitative estimate of drug-likeness (QED) is 0.192. The number of hydrogen-bond donors (Lipinski definition) is 0. The Morgan fingerprint density at radius 3 is 1.55 bits per heavy atom. The van der Waals surface area contributed by atoms with E-state index in [0.717, 1.165) is 39.2 Å². The van der Waals surface area contributed by atoms with Gasteiger partial charge in [-0.3, -0.25) is 0 Å².